The molecule has 0 bridgehead atoms. The highest BCUT2D eigenvalue weighted by Crippen LogP contribution is 2.16. The maximum Gasteiger partial charge on any atom is 0.255 e. The third kappa shape index (κ3) is 4.21. The van der Waals surface area contributed by atoms with Crippen LogP contribution in [0, 0.1) is 0 Å². The zero-order valence-corrected chi connectivity index (χ0v) is 15.1. The van der Waals surface area contributed by atoms with Gasteiger partial charge in [0, 0.05) is 16.8 Å². The molecular weight excluding hydrogens is 330 g/mol. The molecule has 2 amide bonds. The minimum absolute atomic E-state index is 0.0121. The summed E-state index contributed by atoms with van der Waals surface area (Å²) in [6.45, 7) is 3.43. The van der Waals surface area contributed by atoms with Gasteiger partial charge in [-0.05, 0) is 42.5 Å². The van der Waals surface area contributed by atoms with Gasteiger partial charge in [-0.25, -0.2) is 0 Å². The predicted octanol–water partition coefficient (Wildman–Crippen LogP) is 0.918. The summed E-state index contributed by atoms with van der Waals surface area (Å²) < 4.78 is 5.10. The van der Waals surface area contributed by atoms with Crippen LogP contribution in [-0.4, -0.2) is 57.1 Å². The molecule has 0 unspecified atom stereocenters. The zero-order chi connectivity index (χ0) is 18.5. The largest absolute Gasteiger partial charge is 0.497 e. The molecule has 6 nitrogen and oxygen atoms in total. The SMILES string of the molecule is COc1ccc(C(=O)Nc2cccc(C(=O)N3CC[NH+](C)CC3)c2)cc1. The van der Waals surface area contributed by atoms with Crippen molar-refractivity contribution in [2.24, 2.45) is 0 Å². The molecule has 3 rings (SSSR count). The summed E-state index contributed by atoms with van der Waals surface area (Å²) in [7, 11) is 3.72. The van der Waals surface area contributed by atoms with Crippen molar-refractivity contribution < 1.29 is 19.2 Å². The van der Waals surface area contributed by atoms with Crippen LogP contribution in [0.4, 0.5) is 5.69 Å². The number of quaternary nitrogens is 1. The molecule has 1 saturated heterocycles. The first-order valence-corrected chi connectivity index (χ1v) is 8.73. The maximum atomic E-state index is 12.7. The molecule has 2 aromatic rings. The molecule has 2 aromatic carbocycles. The van der Waals surface area contributed by atoms with Gasteiger partial charge in [0.2, 0.25) is 0 Å². The fourth-order valence-corrected chi connectivity index (χ4v) is 2.95. The molecule has 2 N–H and O–H groups in total. The van der Waals surface area contributed by atoms with Crippen LogP contribution in [0.1, 0.15) is 20.7 Å². The Bertz CT molecular complexity index is 781. The molecule has 1 fully saturated rings. The number of carbonyl (C=O) groups excluding carboxylic acids is 2. The number of piperazine rings is 1. The Morgan fingerprint density at radius 3 is 2.38 bits per heavy atom. The second-order valence-electron chi connectivity index (χ2n) is 6.51. The summed E-state index contributed by atoms with van der Waals surface area (Å²) in [6.07, 6.45) is 0. The van der Waals surface area contributed by atoms with Gasteiger partial charge in [-0.1, -0.05) is 6.07 Å². The highest BCUT2D eigenvalue weighted by molar-refractivity contribution is 6.05. The zero-order valence-electron chi connectivity index (χ0n) is 15.1. The fraction of sp³-hybridized carbons (Fsp3) is 0.300. The average molecular weight is 354 g/mol. The Balaban J connectivity index is 1.68. The van der Waals surface area contributed by atoms with Crippen molar-refractivity contribution in [3.8, 4) is 5.75 Å². The van der Waals surface area contributed by atoms with E-state index in [9.17, 15) is 9.59 Å². The first-order valence-electron chi connectivity index (χ1n) is 8.73. The second-order valence-corrected chi connectivity index (χ2v) is 6.51. The van der Waals surface area contributed by atoms with E-state index in [0.29, 0.717) is 22.6 Å². The lowest BCUT2D eigenvalue weighted by atomic mass is 10.1. The van der Waals surface area contributed by atoms with E-state index in [2.05, 4.69) is 12.4 Å². The van der Waals surface area contributed by atoms with Crippen molar-refractivity contribution in [2.75, 3.05) is 45.7 Å². The number of anilines is 1. The number of amides is 2. The van der Waals surface area contributed by atoms with Gasteiger partial charge in [0.1, 0.15) is 5.75 Å². The van der Waals surface area contributed by atoms with Crippen LogP contribution >= 0.6 is 0 Å². The smallest absolute Gasteiger partial charge is 0.255 e. The normalized spacial score (nSPS) is 14.8. The molecule has 0 saturated carbocycles. The monoisotopic (exact) mass is 354 g/mol. The van der Waals surface area contributed by atoms with E-state index in [-0.39, 0.29) is 11.8 Å². The van der Waals surface area contributed by atoms with Crippen LogP contribution in [0.2, 0.25) is 0 Å². The van der Waals surface area contributed by atoms with E-state index < -0.39 is 0 Å². The molecule has 0 atom stereocenters. The van der Waals surface area contributed by atoms with Gasteiger partial charge < -0.3 is 19.9 Å². The number of hydrogen-bond donors (Lipinski definition) is 2. The highest BCUT2D eigenvalue weighted by Gasteiger charge is 2.22. The molecule has 1 heterocycles. The number of rotatable bonds is 4. The van der Waals surface area contributed by atoms with E-state index in [1.165, 1.54) is 4.90 Å². The van der Waals surface area contributed by atoms with Gasteiger partial charge >= 0.3 is 0 Å². The van der Waals surface area contributed by atoms with Crippen LogP contribution in [0.5, 0.6) is 5.75 Å². The van der Waals surface area contributed by atoms with Crippen molar-refractivity contribution in [2.45, 2.75) is 0 Å². The quantitative estimate of drug-likeness (QED) is 0.858. The van der Waals surface area contributed by atoms with Crippen molar-refractivity contribution in [3.63, 3.8) is 0 Å². The second kappa shape index (κ2) is 8.01. The predicted molar refractivity (Wildman–Crippen MR) is 99.9 cm³/mol. The van der Waals surface area contributed by atoms with Gasteiger partial charge in [-0.3, -0.25) is 9.59 Å². The number of carbonyl (C=O) groups is 2. The Morgan fingerprint density at radius 2 is 1.73 bits per heavy atom. The lowest BCUT2D eigenvalue weighted by Crippen LogP contribution is -3.12. The summed E-state index contributed by atoms with van der Waals surface area (Å²) in [5.74, 6) is 0.488. The van der Waals surface area contributed by atoms with Gasteiger partial charge in [-0.2, -0.15) is 0 Å². The van der Waals surface area contributed by atoms with Gasteiger partial charge in [0.25, 0.3) is 11.8 Å². The van der Waals surface area contributed by atoms with Crippen LogP contribution in [-0.2, 0) is 0 Å². The first kappa shape index (κ1) is 17.9. The fourth-order valence-electron chi connectivity index (χ4n) is 2.95. The lowest BCUT2D eigenvalue weighted by molar-refractivity contribution is -0.883. The molecule has 1 aliphatic heterocycles. The topological polar surface area (TPSA) is 63.1 Å². The molecule has 1 aliphatic rings. The van der Waals surface area contributed by atoms with Crippen molar-refractivity contribution in [3.05, 3.63) is 59.7 Å². The summed E-state index contributed by atoms with van der Waals surface area (Å²) in [6, 6.07) is 14.0. The molecule has 0 aliphatic carbocycles. The van der Waals surface area contributed by atoms with E-state index in [4.69, 9.17) is 4.74 Å². The Morgan fingerprint density at radius 1 is 1.04 bits per heavy atom. The van der Waals surface area contributed by atoms with Crippen molar-refractivity contribution >= 4 is 17.5 Å². The number of nitrogens with zero attached hydrogens (tertiary/aromatic N) is 1. The van der Waals surface area contributed by atoms with E-state index in [0.717, 1.165) is 26.2 Å². The summed E-state index contributed by atoms with van der Waals surface area (Å²) in [5, 5.41) is 2.85. The van der Waals surface area contributed by atoms with Crippen molar-refractivity contribution in [1.82, 2.24) is 4.90 Å². The third-order valence-corrected chi connectivity index (χ3v) is 4.62. The van der Waals surface area contributed by atoms with Crippen molar-refractivity contribution in [1.29, 1.82) is 0 Å². The Hall–Kier alpha value is -2.86. The molecular formula is C20H24N3O3+. The molecule has 0 radical (unpaired) electrons. The van der Waals surface area contributed by atoms with E-state index in [1.54, 1.807) is 55.6 Å². The minimum atomic E-state index is -0.222. The molecule has 0 aromatic heterocycles. The number of ether oxygens (including phenoxy) is 1. The van der Waals surface area contributed by atoms with Crippen LogP contribution < -0.4 is 15.0 Å². The van der Waals surface area contributed by atoms with Crippen LogP contribution in [0.15, 0.2) is 48.5 Å². The minimum Gasteiger partial charge on any atom is -0.497 e. The number of methoxy groups -OCH3 is 1. The van der Waals surface area contributed by atoms with Crippen LogP contribution in [0.3, 0.4) is 0 Å². The number of benzene rings is 2. The van der Waals surface area contributed by atoms with Gasteiger partial charge in [0.15, 0.2) is 0 Å². The molecule has 26 heavy (non-hydrogen) atoms. The Kier molecular flexibility index (Phi) is 5.53. The number of nitrogens with one attached hydrogen (secondary N) is 2. The Labute approximate surface area is 153 Å². The molecule has 6 heteroatoms. The number of hydrogen-bond acceptors (Lipinski definition) is 3. The molecule has 0 spiro atoms. The highest BCUT2D eigenvalue weighted by atomic mass is 16.5. The summed E-state index contributed by atoms with van der Waals surface area (Å²) in [4.78, 5) is 28.4. The first-order chi connectivity index (χ1) is 12.6. The van der Waals surface area contributed by atoms with Gasteiger partial charge in [0.05, 0.1) is 40.3 Å². The number of likely N-dealkylation sites (N-methyl/N-ethyl adjacent to an activating group) is 1. The molecule has 136 valence electrons. The average Bonchev–Trinajstić information content (AvgIpc) is 2.68. The summed E-state index contributed by atoms with van der Waals surface area (Å²) >= 11 is 0. The van der Waals surface area contributed by atoms with Gasteiger partial charge in [-0.15, -0.1) is 0 Å². The van der Waals surface area contributed by atoms with E-state index in [1.807, 2.05) is 4.90 Å². The standard InChI is InChI=1S/C20H23N3O3/c1-22-10-12-23(13-11-22)20(25)16-4-3-5-17(14-16)21-19(24)15-6-8-18(26-2)9-7-15/h3-9,14H,10-13H2,1-2H3,(H,21,24)/p+1. The summed E-state index contributed by atoms with van der Waals surface area (Å²) in [5.41, 5.74) is 1.73. The van der Waals surface area contributed by atoms with Crippen LogP contribution in [0.25, 0.3) is 0 Å². The maximum absolute atomic E-state index is 12.7. The lowest BCUT2D eigenvalue weighted by Gasteiger charge is -2.30. The third-order valence-electron chi connectivity index (χ3n) is 4.62. The van der Waals surface area contributed by atoms with E-state index >= 15 is 0 Å².